The van der Waals surface area contributed by atoms with E-state index in [1.807, 2.05) is 0 Å². The summed E-state index contributed by atoms with van der Waals surface area (Å²) < 4.78 is 0. The fraction of sp³-hybridized carbons (Fsp3) is 0.636. The predicted molar refractivity (Wildman–Crippen MR) is 70.0 cm³/mol. The standard InChI is InChI=1S/C11H18ClN5/c1-7-3-8(2)6-17(5-7)10-9(12)4-14-11(15-10)16-13/h4,7-8H,3,5-6,13H2,1-2H3,(H,14,15,16). The number of nitrogen functional groups attached to an aromatic ring is 1. The number of hydrogen-bond donors (Lipinski definition) is 2. The van der Waals surface area contributed by atoms with Crippen LogP contribution >= 0.6 is 11.6 Å². The van der Waals surface area contributed by atoms with Gasteiger partial charge in [-0.15, -0.1) is 0 Å². The van der Waals surface area contributed by atoms with Gasteiger partial charge in [0.25, 0.3) is 0 Å². The molecule has 1 saturated heterocycles. The van der Waals surface area contributed by atoms with Crippen molar-refractivity contribution in [2.45, 2.75) is 20.3 Å². The van der Waals surface area contributed by atoms with E-state index in [9.17, 15) is 0 Å². The Bertz CT molecular complexity index is 387. The first-order valence-corrected chi connectivity index (χ1v) is 6.22. The van der Waals surface area contributed by atoms with Crippen molar-refractivity contribution in [3.63, 3.8) is 0 Å². The maximum absolute atomic E-state index is 6.15. The minimum Gasteiger partial charge on any atom is -0.355 e. The van der Waals surface area contributed by atoms with Crippen LogP contribution in [0.5, 0.6) is 0 Å². The van der Waals surface area contributed by atoms with E-state index < -0.39 is 0 Å². The molecule has 1 aromatic rings. The molecule has 6 heteroatoms. The van der Waals surface area contributed by atoms with Crippen LogP contribution in [0.3, 0.4) is 0 Å². The molecule has 2 heterocycles. The number of halogens is 1. The van der Waals surface area contributed by atoms with E-state index in [2.05, 4.69) is 34.1 Å². The zero-order valence-electron chi connectivity index (χ0n) is 10.2. The molecule has 0 aliphatic carbocycles. The van der Waals surface area contributed by atoms with Crippen molar-refractivity contribution in [1.29, 1.82) is 0 Å². The summed E-state index contributed by atoms with van der Waals surface area (Å²) in [6, 6.07) is 0. The fourth-order valence-electron chi connectivity index (χ4n) is 2.49. The molecule has 1 aliphatic heterocycles. The van der Waals surface area contributed by atoms with Gasteiger partial charge in [-0.2, -0.15) is 4.98 Å². The lowest BCUT2D eigenvalue weighted by Gasteiger charge is -2.36. The van der Waals surface area contributed by atoms with Gasteiger partial charge >= 0.3 is 0 Å². The Morgan fingerprint density at radius 1 is 1.41 bits per heavy atom. The lowest BCUT2D eigenvalue weighted by molar-refractivity contribution is 0.355. The lowest BCUT2D eigenvalue weighted by Crippen LogP contribution is -2.39. The highest BCUT2D eigenvalue weighted by Crippen LogP contribution is 2.29. The van der Waals surface area contributed by atoms with Crippen molar-refractivity contribution in [1.82, 2.24) is 9.97 Å². The van der Waals surface area contributed by atoms with Gasteiger partial charge in [0.2, 0.25) is 5.95 Å². The van der Waals surface area contributed by atoms with Gasteiger partial charge in [0, 0.05) is 13.1 Å². The third-order valence-electron chi connectivity index (χ3n) is 3.02. The average molecular weight is 256 g/mol. The molecule has 2 rings (SSSR count). The Kier molecular flexibility index (Phi) is 3.69. The second-order valence-corrected chi connectivity index (χ2v) is 5.27. The van der Waals surface area contributed by atoms with Gasteiger partial charge in [-0.05, 0) is 18.3 Å². The topological polar surface area (TPSA) is 67.1 Å². The van der Waals surface area contributed by atoms with Gasteiger partial charge in [0.15, 0.2) is 5.82 Å². The Morgan fingerprint density at radius 3 is 2.65 bits per heavy atom. The van der Waals surface area contributed by atoms with Crippen molar-refractivity contribution >= 4 is 23.4 Å². The molecule has 3 N–H and O–H groups in total. The van der Waals surface area contributed by atoms with E-state index in [1.165, 1.54) is 6.42 Å². The molecule has 17 heavy (non-hydrogen) atoms. The van der Waals surface area contributed by atoms with E-state index >= 15 is 0 Å². The summed E-state index contributed by atoms with van der Waals surface area (Å²) in [6.07, 6.45) is 2.84. The van der Waals surface area contributed by atoms with Gasteiger partial charge in [-0.1, -0.05) is 25.4 Å². The van der Waals surface area contributed by atoms with Crippen molar-refractivity contribution in [2.75, 3.05) is 23.4 Å². The first-order chi connectivity index (χ1) is 8.10. The second kappa shape index (κ2) is 5.06. The summed E-state index contributed by atoms with van der Waals surface area (Å²) in [6.45, 7) is 6.45. The number of rotatable bonds is 2. The molecule has 0 amide bonds. The highest BCUT2D eigenvalue weighted by Gasteiger charge is 2.24. The maximum atomic E-state index is 6.15. The van der Waals surface area contributed by atoms with Crippen LogP contribution in [-0.4, -0.2) is 23.1 Å². The molecule has 2 atom stereocenters. The minimum absolute atomic E-state index is 0.398. The summed E-state index contributed by atoms with van der Waals surface area (Å²) in [5, 5.41) is 0.574. The minimum atomic E-state index is 0.398. The zero-order valence-corrected chi connectivity index (χ0v) is 10.9. The van der Waals surface area contributed by atoms with Gasteiger partial charge < -0.3 is 4.90 Å². The number of anilines is 2. The van der Waals surface area contributed by atoms with Crippen LogP contribution in [0.2, 0.25) is 5.02 Å². The average Bonchev–Trinajstić information content (AvgIpc) is 2.28. The highest BCUT2D eigenvalue weighted by molar-refractivity contribution is 6.32. The van der Waals surface area contributed by atoms with E-state index in [0.717, 1.165) is 18.9 Å². The van der Waals surface area contributed by atoms with Gasteiger partial charge in [-0.3, -0.25) is 5.43 Å². The number of nitrogens with one attached hydrogen (secondary N) is 1. The number of nitrogens with two attached hydrogens (primary N) is 1. The number of hydrogen-bond acceptors (Lipinski definition) is 5. The second-order valence-electron chi connectivity index (χ2n) is 4.86. The SMILES string of the molecule is CC1CC(C)CN(c2nc(NN)ncc2Cl)C1. The molecular formula is C11H18ClN5. The monoisotopic (exact) mass is 255 g/mol. The number of piperidine rings is 1. The van der Waals surface area contributed by atoms with Gasteiger partial charge in [0.05, 0.1) is 6.20 Å². The summed E-state index contributed by atoms with van der Waals surface area (Å²) in [7, 11) is 0. The number of hydrazine groups is 1. The van der Waals surface area contributed by atoms with E-state index in [1.54, 1.807) is 6.20 Å². The largest absolute Gasteiger partial charge is 0.355 e. The van der Waals surface area contributed by atoms with Crippen LogP contribution in [0, 0.1) is 11.8 Å². The Balaban J connectivity index is 2.26. The molecule has 0 aromatic carbocycles. The molecule has 1 fully saturated rings. The third-order valence-corrected chi connectivity index (χ3v) is 3.29. The molecular weight excluding hydrogens is 238 g/mol. The molecule has 0 bridgehead atoms. The van der Waals surface area contributed by atoms with Crippen LogP contribution in [0.1, 0.15) is 20.3 Å². The van der Waals surface area contributed by atoms with Crippen molar-refractivity contribution < 1.29 is 0 Å². The molecule has 2 unspecified atom stereocenters. The summed E-state index contributed by atoms with van der Waals surface area (Å²) in [4.78, 5) is 10.5. The van der Waals surface area contributed by atoms with Crippen LogP contribution < -0.4 is 16.2 Å². The Labute approximate surface area is 106 Å². The van der Waals surface area contributed by atoms with Gasteiger partial charge in [0.1, 0.15) is 5.02 Å². The highest BCUT2D eigenvalue weighted by atomic mass is 35.5. The lowest BCUT2D eigenvalue weighted by atomic mass is 9.92. The van der Waals surface area contributed by atoms with E-state index in [-0.39, 0.29) is 0 Å². The van der Waals surface area contributed by atoms with Crippen molar-refractivity contribution in [3.05, 3.63) is 11.2 Å². The third kappa shape index (κ3) is 2.79. The summed E-state index contributed by atoms with van der Waals surface area (Å²) in [5.41, 5.74) is 2.45. The summed E-state index contributed by atoms with van der Waals surface area (Å²) in [5.74, 6) is 7.79. The van der Waals surface area contributed by atoms with E-state index in [0.29, 0.717) is 22.8 Å². The van der Waals surface area contributed by atoms with Crippen molar-refractivity contribution in [3.8, 4) is 0 Å². The number of aromatic nitrogens is 2. The predicted octanol–water partition coefficient (Wildman–Crippen LogP) is 1.90. The van der Waals surface area contributed by atoms with Gasteiger partial charge in [-0.25, -0.2) is 10.8 Å². The molecule has 94 valence electrons. The van der Waals surface area contributed by atoms with Crippen LogP contribution in [-0.2, 0) is 0 Å². The molecule has 0 saturated carbocycles. The first kappa shape index (κ1) is 12.4. The van der Waals surface area contributed by atoms with Crippen molar-refractivity contribution in [2.24, 2.45) is 17.7 Å². The smallest absolute Gasteiger partial charge is 0.239 e. The normalized spacial score (nSPS) is 24.8. The molecule has 0 spiro atoms. The first-order valence-electron chi connectivity index (χ1n) is 5.84. The Morgan fingerprint density at radius 2 is 2.06 bits per heavy atom. The zero-order chi connectivity index (χ0) is 12.4. The van der Waals surface area contributed by atoms with Crippen LogP contribution in [0.4, 0.5) is 11.8 Å². The molecule has 1 aromatic heterocycles. The summed E-state index contributed by atoms with van der Waals surface area (Å²) >= 11 is 6.15. The Hall–Kier alpha value is -1.07. The molecule has 0 radical (unpaired) electrons. The molecule has 5 nitrogen and oxygen atoms in total. The van der Waals surface area contributed by atoms with Crippen LogP contribution in [0.25, 0.3) is 0 Å². The van der Waals surface area contributed by atoms with E-state index in [4.69, 9.17) is 17.4 Å². The fourth-order valence-corrected chi connectivity index (χ4v) is 2.70. The molecule has 1 aliphatic rings. The van der Waals surface area contributed by atoms with Crippen LogP contribution in [0.15, 0.2) is 6.20 Å². The quantitative estimate of drug-likeness (QED) is 0.624. The number of nitrogens with zero attached hydrogens (tertiary/aromatic N) is 3. The maximum Gasteiger partial charge on any atom is 0.239 e.